The Kier molecular flexibility index (Phi) is 6.79. The highest BCUT2D eigenvalue weighted by Crippen LogP contribution is 2.25. The van der Waals surface area contributed by atoms with Crippen LogP contribution >= 0.6 is 0 Å². The number of aryl methyl sites for hydroxylation is 1. The first-order chi connectivity index (χ1) is 14.7. The summed E-state index contributed by atoms with van der Waals surface area (Å²) in [6, 6.07) is 10.3. The number of nitrogens with one attached hydrogen (secondary N) is 1. The maximum atomic E-state index is 12.7. The highest BCUT2D eigenvalue weighted by atomic mass is 16.5. The van der Waals surface area contributed by atoms with E-state index in [9.17, 15) is 4.79 Å². The van der Waals surface area contributed by atoms with E-state index in [2.05, 4.69) is 39.2 Å². The summed E-state index contributed by atoms with van der Waals surface area (Å²) < 4.78 is 5.41. The maximum Gasteiger partial charge on any atom is 0.225 e. The molecule has 1 saturated heterocycles. The second-order valence-corrected chi connectivity index (χ2v) is 7.89. The molecule has 1 atom stereocenters. The SMILES string of the molecule is CCN(CCNC(=O)[C@H]1CCc2nc(N3CCOCC3)ncc2C1)c1ccccc1. The van der Waals surface area contributed by atoms with Crippen LogP contribution < -0.4 is 15.1 Å². The third kappa shape index (κ3) is 4.90. The highest BCUT2D eigenvalue weighted by molar-refractivity contribution is 5.79. The molecule has 1 aliphatic carbocycles. The predicted molar refractivity (Wildman–Crippen MR) is 118 cm³/mol. The number of rotatable bonds is 7. The van der Waals surface area contributed by atoms with Gasteiger partial charge in [0.15, 0.2) is 0 Å². The Morgan fingerprint density at radius 2 is 2.07 bits per heavy atom. The van der Waals surface area contributed by atoms with Crippen LogP contribution in [0.15, 0.2) is 36.5 Å². The number of ether oxygens (including phenoxy) is 1. The van der Waals surface area contributed by atoms with Crippen molar-refractivity contribution in [1.82, 2.24) is 15.3 Å². The average Bonchev–Trinajstić information content (AvgIpc) is 2.82. The molecule has 160 valence electrons. The van der Waals surface area contributed by atoms with Gasteiger partial charge in [-0.25, -0.2) is 9.97 Å². The zero-order chi connectivity index (χ0) is 20.8. The van der Waals surface area contributed by atoms with Gasteiger partial charge in [-0.15, -0.1) is 0 Å². The van der Waals surface area contributed by atoms with Gasteiger partial charge >= 0.3 is 0 Å². The van der Waals surface area contributed by atoms with Crippen molar-refractivity contribution in [3.05, 3.63) is 47.8 Å². The van der Waals surface area contributed by atoms with Crippen LogP contribution in [0.2, 0.25) is 0 Å². The molecule has 2 heterocycles. The summed E-state index contributed by atoms with van der Waals surface area (Å²) in [4.78, 5) is 26.5. The van der Waals surface area contributed by atoms with Gasteiger partial charge in [0.1, 0.15) is 0 Å². The molecular weight excluding hydrogens is 378 g/mol. The molecule has 1 aromatic heterocycles. The molecule has 7 heteroatoms. The number of hydrogen-bond donors (Lipinski definition) is 1. The Balaban J connectivity index is 1.29. The summed E-state index contributed by atoms with van der Waals surface area (Å²) in [6.45, 7) is 7.63. The average molecular weight is 410 g/mol. The van der Waals surface area contributed by atoms with Crippen LogP contribution in [0.5, 0.6) is 0 Å². The van der Waals surface area contributed by atoms with Crippen molar-refractivity contribution < 1.29 is 9.53 Å². The third-order valence-electron chi connectivity index (χ3n) is 5.99. The van der Waals surface area contributed by atoms with E-state index in [1.54, 1.807) is 0 Å². The molecule has 1 amide bonds. The van der Waals surface area contributed by atoms with E-state index in [0.29, 0.717) is 6.54 Å². The molecule has 1 aromatic carbocycles. The fraction of sp³-hybridized carbons (Fsp3) is 0.522. The number of anilines is 2. The van der Waals surface area contributed by atoms with Gasteiger partial charge < -0.3 is 19.9 Å². The molecule has 0 bridgehead atoms. The van der Waals surface area contributed by atoms with Crippen LogP contribution in [-0.4, -0.2) is 61.8 Å². The topological polar surface area (TPSA) is 70.6 Å². The van der Waals surface area contributed by atoms with Crippen molar-refractivity contribution in [3.63, 3.8) is 0 Å². The van der Waals surface area contributed by atoms with E-state index in [-0.39, 0.29) is 11.8 Å². The number of carbonyl (C=O) groups excluding carboxylic acids is 1. The number of fused-ring (bicyclic) bond motifs is 1. The minimum absolute atomic E-state index is 0.00198. The van der Waals surface area contributed by atoms with Crippen molar-refractivity contribution in [1.29, 1.82) is 0 Å². The van der Waals surface area contributed by atoms with Gasteiger partial charge in [-0.2, -0.15) is 0 Å². The Bertz CT molecular complexity index is 839. The number of amides is 1. The zero-order valence-corrected chi connectivity index (χ0v) is 17.7. The van der Waals surface area contributed by atoms with E-state index >= 15 is 0 Å². The molecule has 1 aliphatic heterocycles. The Morgan fingerprint density at radius 3 is 2.83 bits per heavy atom. The molecule has 1 fully saturated rings. The predicted octanol–water partition coefficient (Wildman–Crippen LogP) is 2.06. The molecule has 4 rings (SSSR count). The lowest BCUT2D eigenvalue weighted by atomic mass is 9.86. The van der Waals surface area contributed by atoms with E-state index in [0.717, 1.165) is 75.9 Å². The summed E-state index contributed by atoms with van der Waals surface area (Å²) >= 11 is 0. The van der Waals surface area contributed by atoms with E-state index in [1.165, 1.54) is 5.69 Å². The zero-order valence-electron chi connectivity index (χ0n) is 17.7. The fourth-order valence-electron chi connectivity index (χ4n) is 4.20. The first-order valence-corrected chi connectivity index (χ1v) is 11.0. The van der Waals surface area contributed by atoms with Gasteiger partial charge in [0.2, 0.25) is 11.9 Å². The van der Waals surface area contributed by atoms with Crippen LogP contribution in [0.3, 0.4) is 0 Å². The second-order valence-electron chi connectivity index (χ2n) is 7.89. The lowest BCUT2D eigenvalue weighted by molar-refractivity contribution is -0.125. The van der Waals surface area contributed by atoms with Gasteiger partial charge in [0.05, 0.1) is 13.2 Å². The molecule has 0 radical (unpaired) electrons. The van der Waals surface area contributed by atoms with Crippen LogP contribution in [-0.2, 0) is 22.4 Å². The van der Waals surface area contributed by atoms with Gasteiger partial charge in [0, 0.05) is 56.2 Å². The first-order valence-electron chi connectivity index (χ1n) is 11.0. The third-order valence-corrected chi connectivity index (χ3v) is 5.99. The van der Waals surface area contributed by atoms with Crippen LogP contribution in [0.25, 0.3) is 0 Å². The normalized spacial score (nSPS) is 18.6. The Morgan fingerprint density at radius 1 is 1.27 bits per heavy atom. The largest absolute Gasteiger partial charge is 0.378 e. The molecule has 0 unspecified atom stereocenters. The monoisotopic (exact) mass is 409 g/mol. The number of carbonyl (C=O) groups is 1. The summed E-state index contributed by atoms with van der Waals surface area (Å²) in [5.74, 6) is 0.935. The summed E-state index contributed by atoms with van der Waals surface area (Å²) in [5.41, 5.74) is 3.39. The maximum absolute atomic E-state index is 12.7. The molecule has 7 nitrogen and oxygen atoms in total. The van der Waals surface area contributed by atoms with E-state index in [1.807, 2.05) is 24.4 Å². The molecule has 0 saturated carbocycles. The van der Waals surface area contributed by atoms with E-state index < -0.39 is 0 Å². The van der Waals surface area contributed by atoms with E-state index in [4.69, 9.17) is 9.72 Å². The van der Waals surface area contributed by atoms with Gasteiger partial charge in [-0.1, -0.05) is 18.2 Å². The molecule has 0 spiro atoms. The fourth-order valence-corrected chi connectivity index (χ4v) is 4.20. The lowest BCUT2D eigenvalue weighted by Gasteiger charge is -2.29. The number of nitrogens with zero attached hydrogens (tertiary/aromatic N) is 4. The quantitative estimate of drug-likeness (QED) is 0.755. The number of para-hydroxylation sites is 1. The molecular formula is C23H31N5O2. The van der Waals surface area contributed by atoms with Crippen LogP contribution in [0.4, 0.5) is 11.6 Å². The smallest absolute Gasteiger partial charge is 0.225 e. The standard InChI is InChI=1S/C23H31N5O2/c1-2-27(20-6-4-3-5-7-20)11-10-24-22(29)18-8-9-21-19(16-18)17-25-23(26-21)28-12-14-30-15-13-28/h3-7,17-18H,2,8-16H2,1H3,(H,24,29)/t18-/m0/s1. The van der Waals surface area contributed by atoms with Crippen molar-refractivity contribution in [2.24, 2.45) is 5.92 Å². The van der Waals surface area contributed by atoms with Gasteiger partial charge in [-0.05, 0) is 43.9 Å². The summed E-state index contributed by atoms with van der Waals surface area (Å²) in [6.07, 6.45) is 4.31. The molecule has 2 aromatic rings. The number of benzene rings is 1. The summed E-state index contributed by atoms with van der Waals surface area (Å²) in [7, 11) is 0. The Labute approximate surface area is 178 Å². The second kappa shape index (κ2) is 9.89. The minimum Gasteiger partial charge on any atom is -0.378 e. The lowest BCUT2D eigenvalue weighted by Crippen LogP contribution is -2.40. The van der Waals surface area contributed by atoms with Gasteiger partial charge in [0.25, 0.3) is 0 Å². The first kappa shape index (κ1) is 20.6. The van der Waals surface area contributed by atoms with Crippen molar-refractivity contribution in [3.8, 4) is 0 Å². The summed E-state index contributed by atoms with van der Waals surface area (Å²) in [5, 5.41) is 3.14. The van der Waals surface area contributed by atoms with Gasteiger partial charge in [-0.3, -0.25) is 4.79 Å². The van der Waals surface area contributed by atoms with Crippen molar-refractivity contribution in [2.75, 3.05) is 55.7 Å². The number of morpholine rings is 1. The molecule has 2 aliphatic rings. The van der Waals surface area contributed by atoms with Crippen molar-refractivity contribution >= 4 is 17.5 Å². The number of aromatic nitrogens is 2. The Hall–Kier alpha value is -2.67. The van der Waals surface area contributed by atoms with Crippen LogP contribution in [0, 0.1) is 5.92 Å². The minimum atomic E-state index is 0.00198. The number of hydrogen-bond acceptors (Lipinski definition) is 6. The van der Waals surface area contributed by atoms with Crippen LogP contribution in [0.1, 0.15) is 24.6 Å². The molecule has 1 N–H and O–H groups in total. The highest BCUT2D eigenvalue weighted by Gasteiger charge is 2.26. The number of likely N-dealkylation sites (N-methyl/N-ethyl adjacent to an activating group) is 1. The van der Waals surface area contributed by atoms with Crippen molar-refractivity contribution in [2.45, 2.75) is 26.2 Å². The molecule has 30 heavy (non-hydrogen) atoms.